The number of nitrogens with one attached hydrogen (secondary N) is 2. The minimum atomic E-state index is -0.188. The predicted octanol–water partition coefficient (Wildman–Crippen LogP) is 5.79. The molecule has 1 fully saturated rings. The fraction of sp³-hybridized carbons (Fsp3) is 0.357. The van der Waals surface area contributed by atoms with Gasteiger partial charge in [0.2, 0.25) is 11.9 Å². The Morgan fingerprint density at radius 3 is 2.49 bits per heavy atom. The van der Waals surface area contributed by atoms with Gasteiger partial charge in [0, 0.05) is 47.2 Å². The third-order valence-corrected chi connectivity index (χ3v) is 8.08. The van der Waals surface area contributed by atoms with E-state index in [2.05, 4.69) is 41.0 Å². The number of ether oxygens (including phenoxy) is 2. The van der Waals surface area contributed by atoms with Gasteiger partial charge in [-0.1, -0.05) is 43.6 Å². The van der Waals surface area contributed by atoms with Crippen LogP contribution in [0.3, 0.4) is 0 Å². The number of amides is 1. The number of imidazole rings is 1. The molecule has 1 saturated carbocycles. The third-order valence-electron chi connectivity index (χ3n) is 7.33. The molecule has 1 amide bonds. The van der Waals surface area contributed by atoms with Crippen LogP contribution in [0.1, 0.15) is 26.7 Å². The van der Waals surface area contributed by atoms with Crippen molar-refractivity contribution in [2.24, 2.45) is 11.8 Å². The molecule has 5 rings (SSSR count). The molecule has 0 spiro atoms. The number of aromatic nitrogens is 4. The van der Waals surface area contributed by atoms with Gasteiger partial charge < -0.3 is 20.1 Å². The number of fused-ring (bicyclic) bond motifs is 3. The van der Waals surface area contributed by atoms with Crippen molar-refractivity contribution >= 4 is 51.7 Å². The molecule has 4 atom stereocenters. The SMILES string of the molecule is C=CC(=O)NC1C[C@H](C)CC(C)[C@@H]1Nc1ncc2cc(-c3c(Cl)c(OC)cc(OC)c3Cl)c3nccn3c2n1. The summed E-state index contributed by atoms with van der Waals surface area (Å²) in [4.78, 5) is 26.2. The Hall–Kier alpha value is -3.56. The fourth-order valence-corrected chi connectivity index (χ4v) is 6.29. The van der Waals surface area contributed by atoms with Gasteiger partial charge in [0.25, 0.3) is 0 Å². The Kier molecular flexibility index (Phi) is 7.55. The number of pyridine rings is 1. The number of methoxy groups -OCH3 is 2. The van der Waals surface area contributed by atoms with E-state index in [-0.39, 0.29) is 18.0 Å². The second-order valence-corrected chi connectivity index (χ2v) is 10.7. The highest BCUT2D eigenvalue weighted by atomic mass is 35.5. The smallest absolute Gasteiger partial charge is 0.243 e. The normalized spacial score (nSPS) is 21.1. The number of benzene rings is 1. The van der Waals surface area contributed by atoms with E-state index in [4.69, 9.17) is 37.7 Å². The highest BCUT2D eigenvalue weighted by molar-refractivity contribution is 6.41. The summed E-state index contributed by atoms with van der Waals surface area (Å²) in [5, 5.41) is 8.03. The maximum absolute atomic E-state index is 12.1. The summed E-state index contributed by atoms with van der Waals surface area (Å²) < 4.78 is 12.8. The Morgan fingerprint density at radius 1 is 1.10 bits per heavy atom. The number of carbonyl (C=O) groups is 1. The van der Waals surface area contributed by atoms with Crippen molar-refractivity contribution in [3.8, 4) is 22.6 Å². The van der Waals surface area contributed by atoms with Gasteiger partial charge in [-0.25, -0.2) is 9.97 Å². The molecular formula is C28H30Cl2N6O3. The van der Waals surface area contributed by atoms with Crippen molar-refractivity contribution in [2.75, 3.05) is 19.5 Å². The van der Waals surface area contributed by atoms with Gasteiger partial charge in [-0.15, -0.1) is 0 Å². The van der Waals surface area contributed by atoms with E-state index >= 15 is 0 Å². The number of hydrogen-bond acceptors (Lipinski definition) is 7. The van der Waals surface area contributed by atoms with Crippen molar-refractivity contribution in [1.82, 2.24) is 24.7 Å². The summed E-state index contributed by atoms with van der Waals surface area (Å²) in [6.45, 7) is 7.98. The summed E-state index contributed by atoms with van der Waals surface area (Å²) in [5.41, 5.74) is 2.50. The van der Waals surface area contributed by atoms with E-state index in [9.17, 15) is 4.79 Å². The maximum atomic E-state index is 12.1. The first-order valence-corrected chi connectivity index (χ1v) is 13.4. The Labute approximate surface area is 236 Å². The van der Waals surface area contributed by atoms with Crippen LogP contribution in [-0.4, -0.2) is 51.6 Å². The lowest BCUT2D eigenvalue weighted by atomic mass is 9.76. The molecule has 9 nitrogen and oxygen atoms in total. The lowest BCUT2D eigenvalue weighted by Gasteiger charge is -2.40. The van der Waals surface area contributed by atoms with Gasteiger partial charge in [-0.3, -0.25) is 9.20 Å². The van der Waals surface area contributed by atoms with Gasteiger partial charge in [0.15, 0.2) is 5.65 Å². The molecule has 0 saturated heterocycles. The van der Waals surface area contributed by atoms with E-state index in [0.29, 0.717) is 61.7 Å². The molecule has 0 radical (unpaired) electrons. The summed E-state index contributed by atoms with van der Waals surface area (Å²) in [5.74, 6) is 1.93. The molecule has 3 heterocycles. The summed E-state index contributed by atoms with van der Waals surface area (Å²) in [6, 6.07) is 3.45. The van der Waals surface area contributed by atoms with Crippen molar-refractivity contribution in [3.05, 3.63) is 53.4 Å². The van der Waals surface area contributed by atoms with Gasteiger partial charge in [-0.05, 0) is 36.8 Å². The first-order valence-electron chi connectivity index (χ1n) is 12.7. The minimum Gasteiger partial charge on any atom is -0.495 e. The topological polar surface area (TPSA) is 103 Å². The molecule has 0 bridgehead atoms. The fourth-order valence-electron chi connectivity index (χ4n) is 5.58. The Morgan fingerprint density at radius 2 is 1.82 bits per heavy atom. The molecule has 204 valence electrons. The van der Waals surface area contributed by atoms with E-state index < -0.39 is 0 Å². The van der Waals surface area contributed by atoms with Crippen molar-refractivity contribution in [2.45, 2.75) is 38.8 Å². The highest BCUT2D eigenvalue weighted by Gasteiger charge is 2.35. The Balaban J connectivity index is 1.59. The van der Waals surface area contributed by atoms with Crippen LogP contribution in [-0.2, 0) is 4.79 Å². The van der Waals surface area contributed by atoms with Crippen LogP contribution < -0.4 is 20.1 Å². The van der Waals surface area contributed by atoms with E-state index in [0.717, 1.165) is 18.2 Å². The highest BCUT2D eigenvalue weighted by Crippen LogP contribution is 2.47. The molecule has 2 unspecified atom stereocenters. The number of carbonyl (C=O) groups excluding carboxylic acids is 1. The number of halogens is 2. The number of hydrogen-bond donors (Lipinski definition) is 2. The molecule has 1 aliphatic carbocycles. The Bertz CT molecular complexity index is 1540. The van der Waals surface area contributed by atoms with Crippen LogP contribution in [0.25, 0.3) is 27.8 Å². The van der Waals surface area contributed by atoms with Crippen molar-refractivity contribution in [1.29, 1.82) is 0 Å². The van der Waals surface area contributed by atoms with Gasteiger partial charge in [0.05, 0.1) is 30.3 Å². The zero-order chi connectivity index (χ0) is 27.8. The second-order valence-electron chi connectivity index (χ2n) is 9.98. The molecular weight excluding hydrogens is 539 g/mol. The first kappa shape index (κ1) is 27.0. The van der Waals surface area contributed by atoms with E-state index in [1.807, 2.05) is 16.7 Å². The van der Waals surface area contributed by atoms with Crippen LogP contribution in [0.4, 0.5) is 5.95 Å². The van der Waals surface area contributed by atoms with Crippen LogP contribution in [0, 0.1) is 11.8 Å². The first-order chi connectivity index (χ1) is 18.7. The predicted molar refractivity (Wildman–Crippen MR) is 154 cm³/mol. The lowest BCUT2D eigenvalue weighted by Crippen LogP contribution is -2.53. The zero-order valence-corrected chi connectivity index (χ0v) is 23.7. The molecule has 0 aliphatic heterocycles. The molecule has 2 N–H and O–H groups in total. The maximum Gasteiger partial charge on any atom is 0.243 e. The summed E-state index contributed by atoms with van der Waals surface area (Å²) in [7, 11) is 3.07. The van der Waals surface area contributed by atoms with E-state index in [1.54, 1.807) is 18.5 Å². The van der Waals surface area contributed by atoms with Gasteiger partial charge >= 0.3 is 0 Å². The summed E-state index contributed by atoms with van der Waals surface area (Å²) >= 11 is 13.5. The van der Waals surface area contributed by atoms with Crippen LogP contribution in [0.15, 0.2) is 43.4 Å². The van der Waals surface area contributed by atoms with Crippen molar-refractivity contribution in [3.63, 3.8) is 0 Å². The number of anilines is 1. The van der Waals surface area contributed by atoms with Crippen LogP contribution in [0.2, 0.25) is 10.0 Å². The van der Waals surface area contributed by atoms with E-state index in [1.165, 1.54) is 20.3 Å². The molecule has 39 heavy (non-hydrogen) atoms. The van der Waals surface area contributed by atoms with Gasteiger partial charge in [-0.2, -0.15) is 4.98 Å². The van der Waals surface area contributed by atoms with Gasteiger partial charge in [0.1, 0.15) is 17.1 Å². The quantitative estimate of drug-likeness (QED) is 0.272. The number of rotatable bonds is 7. The monoisotopic (exact) mass is 568 g/mol. The van der Waals surface area contributed by atoms with Crippen LogP contribution in [0.5, 0.6) is 11.5 Å². The standard InChI is InChI=1S/C28H30Cl2N6O3/c1-6-21(37)33-18-10-14(2)9-15(3)25(18)34-28-32-13-16-11-17(27-31-7-8-36(27)26(16)35-28)22-23(29)19(38-4)12-20(39-5)24(22)30/h6-8,11-15,18,25H,1,9-10H2,2-5H3,(H,33,37)(H,32,34,35)/t14-,15?,18?,25+/m1/s1. The summed E-state index contributed by atoms with van der Waals surface area (Å²) in [6.07, 6.45) is 8.47. The third kappa shape index (κ3) is 4.96. The van der Waals surface area contributed by atoms with Crippen LogP contribution >= 0.6 is 23.2 Å². The zero-order valence-electron chi connectivity index (χ0n) is 22.2. The number of nitrogens with zero attached hydrogens (tertiary/aromatic N) is 4. The molecule has 11 heteroatoms. The lowest BCUT2D eigenvalue weighted by molar-refractivity contribution is -0.117. The average Bonchev–Trinajstić information content (AvgIpc) is 3.41. The average molecular weight is 569 g/mol. The largest absolute Gasteiger partial charge is 0.495 e. The van der Waals surface area contributed by atoms with Crippen molar-refractivity contribution < 1.29 is 14.3 Å². The molecule has 1 aromatic carbocycles. The second kappa shape index (κ2) is 10.9. The minimum absolute atomic E-state index is 0.0398. The molecule has 3 aromatic heterocycles. The molecule has 4 aromatic rings. The molecule has 1 aliphatic rings.